The van der Waals surface area contributed by atoms with E-state index >= 15 is 13.2 Å². The molecule has 2 amide bonds. The van der Waals surface area contributed by atoms with Crippen molar-refractivity contribution < 1.29 is 27.2 Å². The van der Waals surface area contributed by atoms with Gasteiger partial charge in [-0.15, -0.1) is 0 Å². The van der Waals surface area contributed by atoms with Crippen LogP contribution in [0.4, 0.5) is 28.9 Å². The lowest BCUT2D eigenvalue weighted by Crippen LogP contribution is -2.43. The average molecular weight is 925 g/mol. The molecule has 10 nitrogen and oxygen atoms in total. The molecule has 2 saturated heterocycles. The number of rotatable bonds is 8. The largest absolute Gasteiger partial charge is 0.307 e. The minimum absolute atomic E-state index is 0.00495. The molecular formula is C54H56F4N8O2. The number of para-hydroxylation sites is 2. The van der Waals surface area contributed by atoms with Gasteiger partial charge in [0.1, 0.15) is 11.6 Å². The number of anilines is 2. The number of halogens is 4. The number of benzene rings is 4. The van der Waals surface area contributed by atoms with E-state index in [1.54, 1.807) is 57.8 Å². The van der Waals surface area contributed by atoms with Crippen LogP contribution in [0, 0.1) is 23.3 Å². The van der Waals surface area contributed by atoms with Gasteiger partial charge in [-0.25, -0.2) is 17.6 Å². The molecule has 2 spiro atoms. The Bertz CT molecular complexity index is 2780. The second-order valence-corrected chi connectivity index (χ2v) is 19.9. The summed E-state index contributed by atoms with van der Waals surface area (Å²) in [5, 5.41) is 8.10. The molecule has 14 heteroatoms. The topological polar surface area (TPSA) is 82.7 Å². The highest BCUT2D eigenvalue weighted by Crippen LogP contribution is 2.51. The van der Waals surface area contributed by atoms with Crippen LogP contribution in [0.1, 0.15) is 86.5 Å². The van der Waals surface area contributed by atoms with Crippen LogP contribution in [-0.4, -0.2) is 79.4 Å². The van der Waals surface area contributed by atoms with Crippen LogP contribution in [0.2, 0.25) is 0 Å². The predicted octanol–water partition coefficient (Wildman–Crippen LogP) is 9.60. The average Bonchev–Trinajstić information content (AvgIpc) is 4.21. The van der Waals surface area contributed by atoms with Gasteiger partial charge < -0.3 is 9.80 Å². The summed E-state index contributed by atoms with van der Waals surface area (Å²) < 4.78 is 63.5. The first kappa shape index (κ1) is 44.4. The molecule has 0 radical (unpaired) electrons. The molecule has 6 aliphatic rings. The maximum absolute atomic E-state index is 15.2. The number of aryl methyl sites for hydroxylation is 2. The third-order valence-electron chi connectivity index (χ3n) is 16.0. The number of likely N-dealkylation sites (tertiary alicyclic amines) is 2. The van der Waals surface area contributed by atoms with E-state index in [0.717, 1.165) is 48.4 Å². The Morgan fingerprint density at radius 1 is 0.574 bits per heavy atom. The summed E-state index contributed by atoms with van der Waals surface area (Å²) >= 11 is 0. The Hall–Kier alpha value is -6.12. The van der Waals surface area contributed by atoms with Crippen LogP contribution in [0.5, 0.6) is 0 Å². The smallest absolute Gasteiger partial charge is 0.239 e. The van der Waals surface area contributed by atoms with Gasteiger partial charge in [0.25, 0.3) is 0 Å². The lowest BCUT2D eigenvalue weighted by atomic mass is 9.81. The summed E-state index contributed by atoms with van der Waals surface area (Å²) in [4.78, 5) is 36.1. The van der Waals surface area contributed by atoms with Crippen LogP contribution < -0.4 is 9.80 Å². The van der Waals surface area contributed by atoms with Crippen molar-refractivity contribution >= 4 is 23.2 Å². The van der Waals surface area contributed by atoms with Gasteiger partial charge in [0.2, 0.25) is 11.8 Å². The van der Waals surface area contributed by atoms with Gasteiger partial charge in [-0.05, 0) is 87.0 Å². The van der Waals surface area contributed by atoms with Crippen molar-refractivity contribution in [3.05, 3.63) is 143 Å². The monoisotopic (exact) mass is 924 g/mol. The van der Waals surface area contributed by atoms with Gasteiger partial charge in [-0.1, -0.05) is 74.2 Å². The molecular weight excluding hydrogens is 869 g/mol. The SMILES string of the molecule is Cn1cc(-c2cc(F)c(CN3C(=O)C4(CCN(C5CCCC5)C4)c4ccccc43)cc2F)cn1.Cn1cc(-c2ccc(CN3C(=O)C4(CCN(C5CCCC5)C4)c4ccccc43)c(F)c2F)cn1. The second-order valence-electron chi connectivity index (χ2n) is 19.9. The molecule has 68 heavy (non-hydrogen) atoms. The summed E-state index contributed by atoms with van der Waals surface area (Å²) in [6, 6.07) is 22.4. The van der Waals surface area contributed by atoms with Gasteiger partial charge in [-0.2, -0.15) is 10.2 Å². The molecule has 4 fully saturated rings. The fraction of sp³-hybridized carbons (Fsp3) is 0.407. The molecule has 352 valence electrons. The molecule has 2 aliphatic carbocycles. The molecule has 6 heterocycles. The number of fused-ring (bicyclic) bond motifs is 4. The highest BCUT2D eigenvalue weighted by atomic mass is 19.2. The Morgan fingerprint density at radius 3 is 1.56 bits per heavy atom. The highest BCUT2D eigenvalue weighted by molar-refractivity contribution is 6.09. The minimum atomic E-state index is -0.911. The van der Waals surface area contributed by atoms with Crippen LogP contribution in [0.15, 0.2) is 97.6 Å². The third kappa shape index (κ3) is 7.45. The third-order valence-corrected chi connectivity index (χ3v) is 16.0. The number of nitrogens with zero attached hydrogens (tertiary/aromatic N) is 8. The molecule has 0 bridgehead atoms. The van der Waals surface area contributed by atoms with E-state index in [2.05, 4.69) is 20.0 Å². The van der Waals surface area contributed by atoms with Gasteiger partial charge in [0, 0.05) is 96.4 Å². The lowest BCUT2D eigenvalue weighted by molar-refractivity contribution is -0.123. The Morgan fingerprint density at radius 2 is 1.06 bits per heavy atom. The van der Waals surface area contributed by atoms with E-state index in [1.807, 2.05) is 48.5 Å². The molecule has 4 aromatic carbocycles. The van der Waals surface area contributed by atoms with Crippen LogP contribution >= 0.6 is 0 Å². The molecule has 2 atom stereocenters. The van der Waals surface area contributed by atoms with E-state index in [-0.39, 0.29) is 47.2 Å². The number of aromatic nitrogens is 4. The number of carbonyl (C=O) groups excluding carboxylic acids is 2. The van der Waals surface area contributed by atoms with Crippen molar-refractivity contribution in [2.45, 2.75) is 100 Å². The first-order valence-corrected chi connectivity index (χ1v) is 24.2. The first-order valence-electron chi connectivity index (χ1n) is 24.2. The van der Waals surface area contributed by atoms with Gasteiger partial charge >= 0.3 is 0 Å². The first-order chi connectivity index (χ1) is 32.9. The molecule has 2 aromatic heterocycles. The molecule has 2 saturated carbocycles. The molecule has 4 aliphatic heterocycles. The summed E-state index contributed by atoms with van der Waals surface area (Å²) in [5.74, 6) is -2.85. The van der Waals surface area contributed by atoms with Gasteiger partial charge in [0.15, 0.2) is 11.6 Å². The van der Waals surface area contributed by atoms with Crippen LogP contribution in [0.25, 0.3) is 22.3 Å². The Kier molecular flexibility index (Phi) is 11.4. The number of hydrogen-bond acceptors (Lipinski definition) is 6. The fourth-order valence-corrected chi connectivity index (χ4v) is 12.5. The normalized spacial score (nSPS) is 22.9. The van der Waals surface area contributed by atoms with Crippen molar-refractivity contribution in [2.75, 3.05) is 36.0 Å². The number of hydrogen-bond donors (Lipinski definition) is 0. The Labute approximate surface area is 394 Å². The number of carbonyl (C=O) groups is 2. The molecule has 0 N–H and O–H groups in total. The van der Waals surface area contributed by atoms with Crippen LogP contribution in [-0.2, 0) is 47.6 Å². The molecule has 6 aromatic rings. The predicted molar refractivity (Wildman–Crippen MR) is 253 cm³/mol. The summed E-state index contributed by atoms with van der Waals surface area (Å²) in [6.07, 6.45) is 17.7. The van der Waals surface area contributed by atoms with Gasteiger partial charge in [0.05, 0.1) is 36.3 Å². The van der Waals surface area contributed by atoms with E-state index in [1.165, 1.54) is 75.9 Å². The summed E-state index contributed by atoms with van der Waals surface area (Å²) in [5.41, 5.74) is 4.22. The van der Waals surface area contributed by atoms with Crippen LogP contribution in [0.3, 0.4) is 0 Å². The van der Waals surface area contributed by atoms with E-state index in [4.69, 9.17) is 0 Å². The summed E-state index contributed by atoms with van der Waals surface area (Å²) in [6.45, 7) is 3.25. The van der Waals surface area contributed by atoms with Crippen molar-refractivity contribution in [1.82, 2.24) is 29.4 Å². The highest BCUT2D eigenvalue weighted by Gasteiger charge is 2.56. The molecule has 12 rings (SSSR count). The van der Waals surface area contributed by atoms with Crippen molar-refractivity contribution in [2.24, 2.45) is 14.1 Å². The fourth-order valence-electron chi connectivity index (χ4n) is 12.5. The van der Waals surface area contributed by atoms with E-state index in [0.29, 0.717) is 36.3 Å². The quantitative estimate of drug-likeness (QED) is 0.142. The van der Waals surface area contributed by atoms with E-state index in [9.17, 15) is 14.0 Å². The Balaban J connectivity index is 0.000000149. The second kappa shape index (κ2) is 17.4. The van der Waals surface area contributed by atoms with Gasteiger partial charge in [-0.3, -0.25) is 28.8 Å². The maximum Gasteiger partial charge on any atom is 0.239 e. The maximum atomic E-state index is 15.2. The lowest BCUT2D eigenvalue weighted by Gasteiger charge is -2.27. The van der Waals surface area contributed by atoms with Crippen molar-refractivity contribution in [3.8, 4) is 22.3 Å². The van der Waals surface area contributed by atoms with Crippen molar-refractivity contribution in [3.63, 3.8) is 0 Å². The summed E-state index contributed by atoms with van der Waals surface area (Å²) in [7, 11) is 3.46. The van der Waals surface area contributed by atoms with E-state index < -0.39 is 34.1 Å². The minimum Gasteiger partial charge on any atom is -0.307 e. The number of amides is 2. The van der Waals surface area contributed by atoms with Crippen molar-refractivity contribution in [1.29, 1.82) is 0 Å². The zero-order chi connectivity index (χ0) is 46.9. The zero-order valence-electron chi connectivity index (χ0n) is 38.6. The zero-order valence-corrected chi connectivity index (χ0v) is 38.6. The molecule has 2 unspecified atom stereocenters. The standard InChI is InChI=1S/2C27H28F2N4O/c1-31-15-19(14-30-31)21-13-23(28)18(12-24(21)29)16-33-25-9-5-4-8-22(25)27(26(33)34)10-11-32(17-27)20-6-2-3-7-20;1-31-15-19(14-30-31)21-11-10-18(24(28)25(21)29)16-33-23-9-5-4-8-22(23)27(26(33)34)12-13-32(17-27)20-6-2-3-7-20/h4-5,8-9,12-15,20H,2-3,6-7,10-11,16-17H2,1H3;4-5,8-11,14-15,20H,2-3,6-7,12-13,16-17H2,1H3.